The third-order valence-corrected chi connectivity index (χ3v) is 5.40. The number of methoxy groups -OCH3 is 2. The summed E-state index contributed by atoms with van der Waals surface area (Å²) in [6.45, 7) is -0.0987. The second kappa shape index (κ2) is 10.8. The predicted octanol–water partition coefficient (Wildman–Crippen LogP) is 1.33. The lowest BCUT2D eigenvalue weighted by atomic mass is 10.2. The molecule has 36 heavy (non-hydrogen) atoms. The SMILES string of the molecule is COc1ccc(C=NNc2nc3c(c(=O)[nH]c(=O)n3C)n2CC(O)COc2ccc(OC)cc2)cc1. The molecule has 0 aliphatic carbocycles. The van der Waals surface area contributed by atoms with E-state index in [1.807, 2.05) is 12.1 Å². The summed E-state index contributed by atoms with van der Waals surface area (Å²) in [5.41, 5.74) is 2.63. The summed E-state index contributed by atoms with van der Waals surface area (Å²) in [6.07, 6.45) is 0.558. The number of aliphatic hydroxyl groups is 1. The summed E-state index contributed by atoms with van der Waals surface area (Å²) in [6, 6.07) is 14.2. The summed E-state index contributed by atoms with van der Waals surface area (Å²) in [5, 5.41) is 14.9. The van der Waals surface area contributed by atoms with Crippen molar-refractivity contribution in [1.82, 2.24) is 19.1 Å². The Hall–Kier alpha value is -4.58. The van der Waals surface area contributed by atoms with E-state index in [2.05, 4.69) is 20.5 Å². The number of H-pyrrole nitrogens is 1. The minimum atomic E-state index is -1.01. The van der Waals surface area contributed by atoms with Crippen molar-refractivity contribution in [3.63, 3.8) is 0 Å². The highest BCUT2D eigenvalue weighted by atomic mass is 16.5. The highest BCUT2D eigenvalue weighted by Gasteiger charge is 2.20. The average Bonchev–Trinajstić information content (AvgIpc) is 3.25. The van der Waals surface area contributed by atoms with Crippen molar-refractivity contribution in [3.05, 3.63) is 74.9 Å². The third-order valence-electron chi connectivity index (χ3n) is 5.40. The number of nitrogens with zero attached hydrogens (tertiary/aromatic N) is 4. The second-order valence-corrected chi connectivity index (χ2v) is 7.82. The van der Waals surface area contributed by atoms with Gasteiger partial charge in [-0.05, 0) is 54.1 Å². The maximum Gasteiger partial charge on any atom is 0.329 e. The first-order chi connectivity index (χ1) is 17.4. The number of hydrogen-bond acceptors (Lipinski definition) is 9. The quantitative estimate of drug-likeness (QED) is 0.221. The highest BCUT2D eigenvalue weighted by Crippen LogP contribution is 2.19. The van der Waals surface area contributed by atoms with E-state index in [4.69, 9.17) is 14.2 Å². The summed E-state index contributed by atoms with van der Waals surface area (Å²) in [7, 11) is 4.64. The first kappa shape index (κ1) is 24.5. The summed E-state index contributed by atoms with van der Waals surface area (Å²) in [4.78, 5) is 31.3. The Labute approximate surface area is 205 Å². The van der Waals surface area contributed by atoms with E-state index < -0.39 is 17.4 Å². The first-order valence-electron chi connectivity index (χ1n) is 11.0. The van der Waals surface area contributed by atoms with Crippen LogP contribution in [0.1, 0.15) is 5.56 Å². The first-order valence-corrected chi connectivity index (χ1v) is 11.0. The zero-order valence-electron chi connectivity index (χ0n) is 20.0. The predicted molar refractivity (Wildman–Crippen MR) is 134 cm³/mol. The molecule has 12 heteroatoms. The maximum atomic E-state index is 12.6. The molecule has 4 rings (SSSR count). The van der Waals surface area contributed by atoms with Gasteiger partial charge >= 0.3 is 5.69 Å². The van der Waals surface area contributed by atoms with Gasteiger partial charge in [0.15, 0.2) is 11.2 Å². The normalized spacial score (nSPS) is 12.1. The monoisotopic (exact) mass is 494 g/mol. The minimum absolute atomic E-state index is 0.0473. The van der Waals surface area contributed by atoms with E-state index in [0.717, 1.165) is 5.56 Å². The molecule has 0 spiro atoms. The number of benzene rings is 2. The van der Waals surface area contributed by atoms with Crippen LogP contribution in [-0.2, 0) is 13.6 Å². The molecule has 2 aromatic carbocycles. The Balaban J connectivity index is 1.57. The van der Waals surface area contributed by atoms with E-state index in [1.165, 1.54) is 16.2 Å². The molecule has 0 bridgehead atoms. The third kappa shape index (κ3) is 5.39. The van der Waals surface area contributed by atoms with Crippen LogP contribution in [0.4, 0.5) is 5.95 Å². The number of aliphatic hydroxyl groups excluding tert-OH is 1. The van der Waals surface area contributed by atoms with Gasteiger partial charge in [-0.15, -0.1) is 0 Å². The number of hydrazone groups is 1. The second-order valence-electron chi connectivity index (χ2n) is 7.82. The van der Waals surface area contributed by atoms with E-state index >= 15 is 0 Å². The smallest absolute Gasteiger partial charge is 0.329 e. The number of aromatic amines is 1. The molecule has 0 fully saturated rings. The van der Waals surface area contributed by atoms with E-state index in [-0.39, 0.29) is 30.3 Å². The van der Waals surface area contributed by atoms with E-state index in [9.17, 15) is 14.7 Å². The van der Waals surface area contributed by atoms with Gasteiger partial charge in [0.05, 0.1) is 27.0 Å². The maximum absolute atomic E-state index is 12.6. The molecule has 4 aromatic rings. The van der Waals surface area contributed by atoms with Gasteiger partial charge in [-0.2, -0.15) is 10.1 Å². The van der Waals surface area contributed by atoms with Gasteiger partial charge in [0, 0.05) is 7.05 Å². The lowest BCUT2D eigenvalue weighted by Crippen LogP contribution is -2.30. The molecule has 0 saturated heterocycles. The molecule has 0 aliphatic heterocycles. The van der Waals surface area contributed by atoms with Gasteiger partial charge < -0.3 is 23.9 Å². The van der Waals surface area contributed by atoms with Crippen molar-refractivity contribution in [3.8, 4) is 17.2 Å². The van der Waals surface area contributed by atoms with Gasteiger partial charge in [-0.1, -0.05) is 0 Å². The molecular weight excluding hydrogens is 468 g/mol. The average molecular weight is 495 g/mol. The van der Waals surface area contributed by atoms with Crippen molar-refractivity contribution in [2.24, 2.45) is 12.1 Å². The van der Waals surface area contributed by atoms with Crippen LogP contribution in [0.3, 0.4) is 0 Å². The van der Waals surface area contributed by atoms with Crippen LogP contribution < -0.4 is 30.9 Å². The van der Waals surface area contributed by atoms with Gasteiger partial charge in [-0.25, -0.2) is 10.2 Å². The van der Waals surface area contributed by atoms with Crippen LogP contribution in [0.2, 0.25) is 0 Å². The Morgan fingerprint density at radius 3 is 2.31 bits per heavy atom. The molecule has 2 aromatic heterocycles. The fourth-order valence-corrected chi connectivity index (χ4v) is 3.48. The number of anilines is 1. The van der Waals surface area contributed by atoms with Crippen molar-refractivity contribution in [2.45, 2.75) is 12.6 Å². The Bertz CT molecular complexity index is 1470. The van der Waals surface area contributed by atoms with Gasteiger partial charge in [-0.3, -0.25) is 14.3 Å². The van der Waals surface area contributed by atoms with Gasteiger partial charge in [0.25, 0.3) is 5.56 Å². The number of aryl methyl sites for hydroxylation is 1. The molecule has 3 N–H and O–H groups in total. The van der Waals surface area contributed by atoms with Crippen LogP contribution in [-0.4, -0.2) is 57.4 Å². The molecular formula is C24H26N6O6. The standard InChI is InChI=1S/C24H26N6O6/c1-29-21-20(22(32)27-24(29)33)30(13-16(31)14-36-19-10-8-18(35-3)9-11-19)23(26-21)28-25-12-15-4-6-17(34-2)7-5-15/h4-12,16,31H,13-14H2,1-3H3,(H,26,28)(H,27,32,33). The lowest BCUT2D eigenvalue weighted by Gasteiger charge is -2.15. The molecule has 0 amide bonds. The minimum Gasteiger partial charge on any atom is -0.497 e. The molecule has 188 valence electrons. The number of fused-ring (bicyclic) bond motifs is 1. The van der Waals surface area contributed by atoms with E-state index in [1.54, 1.807) is 56.8 Å². The molecule has 0 radical (unpaired) electrons. The van der Waals surface area contributed by atoms with E-state index in [0.29, 0.717) is 17.2 Å². The molecule has 0 saturated carbocycles. The highest BCUT2D eigenvalue weighted by molar-refractivity contribution is 5.80. The molecule has 1 atom stereocenters. The Morgan fingerprint density at radius 1 is 1.06 bits per heavy atom. The Morgan fingerprint density at radius 2 is 1.67 bits per heavy atom. The summed E-state index contributed by atoms with van der Waals surface area (Å²) in [5.74, 6) is 2.12. The zero-order valence-corrected chi connectivity index (χ0v) is 20.0. The molecule has 12 nitrogen and oxygen atoms in total. The van der Waals surface area contributed by atoms with Crippen LogP contribution in [0.15, 0.2) is 63.2 Å². The largest absolute Gasteiger partial charge is 0.497 e. The fourth-order valence-electron chi connectivity index (χ4n) is 3.48. The number of nitrogens with one attached hydrogen (secondary N) is 2. The van der Waals surface area contributed by atoms with Crippen molar-refractivity contribution in [1.29, 1.82) is 0 Å². The Kier molecular flexibility index (Phi) is 7.35. The number of rotatable bonds is 10. The van der Waals surface area contributed by atoms with Crippen molar-refractivity contribution >= 4 is 23.3 Å². The summed E-state index contributed by atoms with van der Waals surface area (Å²) < 4.78 is 18.6. The molecule has 0 aliphatic rings. The van der Waals surface area contributed by atoms with Crippen LogP contribution in [0, 0.1) is 0 Å². The number of ether oxygens (including phenoxy) is 3. The lowest BCUT2D eigenvalue weighted by molar-refractivity contribution is 0.0938. The fraction of sp³-hybridized carbons (Fsp3) is 0.250. The van der Waals surface area contributed by atoms with Crippen LogP contribution in [0.25, 0.3) is 11.2 Å². The molecule has 1 unspecified atom stereocenters. The van der Waals surface area contributed by atoms with Crippen LogP contribution in [0.5, 0.6) is 17.2 Å². The van der Waals surface area contributed by atoms with Gasteiger partial charge in [0.2, 0.25) is 5.95 Å². The number of aromatic nitrogens is 4. The van der Waals surface area contributed by atoms with Crippen LogP contribution >= 0.6 is 0 Å². The molecule has 2 heterocycles. The van der Waals surface area contributed by atoms with Crippen molar-refractivity contribution < 1.29 is 19.3 Å². The van der Waals surface area contributed by atoms with Gasteiger partial charge in [0.1, 0.15) is 30.0 Å². The summed E-state index contributed by atoms with van der Waals surface area (Å²) >= 11 is 0. The van der Waals surface area contributed by atoms with Crippen molar-refractivity contribution in [2.75, 3.05) is 26.3 Å². The topological polar surface area (TPSA) is 145 Å². The number of imidazole rings is 1. The zero-order chi connectivity index (χ0) is 25.7. The number of hydrogen-bond donors (Lipinski definition) is 3.